The second kappa shape index (κ2) is 5.80. The molecule has 17 heavy (non-hydrogen) atoms. The molecule has 0 aliphatic heterocycles. The second-order valence-electron chi connectivity index (χ2n) is 3.70. The van der Waals surface area contributed by atoms with Gasteiger partial charge in [0, 0.05) is 17.1 Å². The van der Waals surface area contributed by atoms with Crippen LogP contribution in [0.5, 0.6) is 0 Å². The van der Waals surface area contributed by atoms with Gasteiger partial charge in [0.2, 0.25) is 0 Å². The van der Waals surface area contributed by atoms with Crippen molar-refractivity contribution in [1.82, 2.24) is 9.97 Å². The zero-order valence-electron chi connectivity index (χ0n) is 9.71. The summed E-state index contributed by atoms with van der Waals surface area (Å²) in [4.78, 5) is 9.29. The number of nitrogens with two attached hydrogens (primary N) is 1. The summed E-state index contributed by atoms with van der Waals surface area (Å²) >= 11 is 1.63. The van der Waals surface area contributed by atoms with Crippen LogP contribution in [0, 0.1) is 0 Å². The van der Waals surface area contributed by atoms with E-state index < -0.39 is 0 Å². The molecule has 0 radical (unpaired) electrons. The molecule has 88 valence electrons. The van der Waals surface area contributed by atoms with Gasteiger partial charge in [0.15, 0.2) is 0 Å². The highest BCUT2D eigenvalue weighted by Gasteiger charge is 2.10. The van der Waals surface area contributed by atoms with Crippen molar-refractivity contribution in [3.63, 3.8) is 0 Å². The summed E-state index contributed by atoms with van der Waals surface area (Å²) in [5.41, 5.74) is 7.28. The van der Waals surface area contributed by atoms with Crippen molar-refractivity contribution in [2.75, 3.05) is 0 Å². The first-order valence-electron chi connectivity index (χ1n) is 5.59. The Balaban J connectivity index is 2.27. The van der Waals surface area contributed by atoms with Crippen molar-refractivity contribution in [2.24, 2.45) is 5.73 Å². The highest BCUT2D eigenvalue weighted by Crippen LogP contribution is 2.31. The molecule has 2 aromatic rings. The minimum atomic E-state index is 0.0838. The normalized spacial score (nSPS) is 12.4. The number of hydrogen-bond donors (Lipinski definition) is 1. The van der Waals surface area contributed by atoms with Gasteiger partial charge in [-0.25, -0.2) is 9.97 Å². The van der Waals surface area contributed by atoms with Gasteiger partial charge in [0.05, 0.1) is 0 Å². The maximum atomic E-state index is 6.10. The highest BCUT2D eigenvalue weighted by atomic mass is 32.2. The Morgan fingerprint density at radius 2 is 2.12 bits per heavy atom. The van der Waals surface area contributed by atoms with Gasteiger partial charge in [-0.05, 0) is 24.1 Å². The van der Waals surface area contributed by atoms with Crippen LogP contribution in [-0.2, 0) is 0 Å². The Morgan fingerprint density at radius 3 is 2.82 bits per heavy atom. The third-order valence-corrected chi connectivity index (χ3v) is 3.57. The molecule has 4 heteroatoms. The van der Waals surface area contributed by atoms with Crippen LogP contribution in [-0.4, -0.2) is 9.97 Å². The van der Waals surface area contributed by atoms with Crippen LogP contribution in [0.3, 0.4) is 0 Å². The van der Waals surface area contributed by atoms with Crippen LogP contribution in [0.2, 0.25) is 0 Å². The lowest BCUT2D eigenvalue weighted by Gasteiger charge is -2.13. The number of hydrogen-bond acceptors (Lipinski definition) is 4. The predicted molar refractivity (Wildman–Crippen MR) is 69.8 cm³/mol. The molecule has 1 unspecified atom stereocenters. The average Bonchev–Trinajstić information content (AvgIpc) is 2.40. The molecule has 0 amide bonds. The fraction of sp³-hybridized carbons (Fsp3) is 0.231. The minimum absolute atomic E-state index is 0.0838. The summed E-state index contributed by atoms with van der Waals surface area (Å²) in [6, 6.07) is 10.2. The number of aromatic nitrogens is 2. The van der Waals surface area contributed by atoms with Crippen molar-refractivity contribution in [3.05, 3.63) is 48.4 Å². The fourth-order valence-corrected chi connectivity index (χ4v) is 2.49. The lowest BCUT2D eigenvalue weighted by Crippen LogP contribution is -2.09. The van der Waals surface area contributed by atoms with Crippen LogP contribution < -0.4 is 5.73 Å². The fourth-order valence-electron chi connectivity index (χ4n) is 1.55. The van der Waals surface area contributed by atoms with E-state index in [2.05, 4.69) is 29.0 Å². The van der Waals surface area contributed by atoms with Gasteiger partial charge in [-0.3, -0.25) is 0 Å². The summed E-state index contributed by atoms with van der Waals surface area (Å²) in [7, 11) is 0. The SMILES string of the molecule is CCC(N)c1ccccc1Sc1ccncn1. The van der Waals surface area contributed by atoms with Crippen molar-refractivity contribution in [1.29, 1.82) is 0 Å². The summed E-state index contributed by atoms with van der Waals surface area (Å²) in [5, 5.41) is 0.941. The van der Waals surface area contributed by atoms with E-state index in [0.717, 1.165) is 11.4 Å². The third-order valence-electron chi connectivity index (χ3n) is 2.53. The quantitative estimate of drug-likeness (QED) is 0.841. The number of nitrogens with zero attached hydrogens (tertiary/aromatic N) is 2. The molecule has 0 aliphatic carbocycles. The summed E-state index contributed by atoms with van der Waals surface area (Å²) < 4.78 is 0. The van der Waals surface area contributed by atoms with Gasteiger partial charge in [0.1, 0.15) is 11.4 Å². The monoisotopic (exact) mass is 245 g/mol. The topological polar surface area (TPSA) is 51.8 Å². The predicted octanol–water partition coefficient (Wildman–Crippen LogP) is 3.04. The first kappa shape index (κ1) is 12.1. The lowest BCUT2D eigenvalue weighted by atomic mass is 10.1. The van der Waals surface area contributed by atoms with E-state index >= 15 is 0 Å². The Bertz CT molecular complexity index is 473. The highest BCUT2D eigenvalue weighted by molar-refractivity contribution is 7.99. The first-order valence-corrected chi connectivity index (χ1v) is 6.41. The van der Waals surface area contributed by atoms with E-state index in [1.54, 1.807) is 24.3 Å². The van der Waals surface area contributed by atoms with Crippen molar-refractivity contribution >= 4 is 11.8 Å². The third kappa shape index (κ3) is 3.05. The lowest BCUT2D eigenvalue weighted by molar-refractivity contribution is 0.685. The molecule has 0 fully saturated rings. The van der Waals surface area contributed by atoms with Crippen LogP contribution in [0.1, 0.15) is 24.9 Å². The molecule has 0 spiro atoms. The standard InChI is InChI=1S/C13H15N3S/c1-2-11(14)10-5-3-4-6-12(10)17-13-7-8-15-9-16-13/h3-9,11H,2,14H2,1H3. The van der Waals surface area contributed by atoms with E-state index in [1.165, 1.54) is 10.5 Å². The van der Waals surface area contributed by atoms with Crippen molar-refractivity contribution in [2.45, 2.75) is 29.3 Å². The number of benzene rings is 1. The largest absolute Gasteiger partial charge is 0.324 e. The average molecular weight is 245 g/mol. The number of rotatable bonds is 4. The Hall–Kier alpha value is -1.39. The molecule has 0 saturated carbocycles. The Kier molecular flexibility index (Phi) is 4.12. The van der Waals surface area contributed by atoms with E-state index in [1.807, 2.05) is 18.2 Å². The molecule has 1 aromatic heterocycles. The van der Waals surface area contributed by atoms with Gasteiger partial charge >= 0.3 is 0 Å². The van der Waals surface area contributed by atoms with Gasteiger partial charge in [-0.15, -0.1) is 0 Å². The molecule has 1 atom stereocenters. The molecule has 0 saturated heterocycles. The van der Waals surface area contributed by atoms with Gasteiger partial charge in [-0.1, -0.05) is 36.9 Å². The molecule has 0 aliphatic rings. The van der Waals surface area contributed by atoms with Crippen molar-refractivity contribution < 1.29 is 0 Å². The Labute approximate surface area is 105 Å². The van der Waals surface area contributed by atoms with Gasteiger partial charge in [0.25, 0.3) is 0 Å². The van der Waals surface area contributed by atoms with Crippen LogP contribution in [0.4, 0.5) is 0 Å². The molecule has 0 bridgehead atoms. The first-order chi connectivity index (χ1) is 8.31. The second-order valence-corrected chi connectivity index (χ2v) is 4.76. The zero-order chi connectivity index (χ0) is 12.1. The molecule has 1 heterocycles. The van der Waals surface area contributed by atoms with E-state index in [-0.39, 0.29) is 6.04 Å². The maximum Gasteiger partial charge on any atom is 0.116 e. The molecular formula is C13H15N3S. The summed E-state index contributed by atoms with van der Waals surface area (Å²) in [6.45, 7) is 2.09. The smallest absolute Gasteiger partial charge is 0.116 e. The van der Waals surface area contributed by atoms with Crippen LogP contribution in [0.25, 0.3) is 0 Å². The molecule has 2 N–H and O–H groups in total. The summed E-state index contributed by atoms with van der Waals surface area (Å²) in [5.74, 6) is 0. The van der Waals surface area contributed by atoms with E-state index in [9.17, 15) is 0 Å². The molecule has 2 rings (SSSR count). The zero-order valence-corrected chi connectivity index (χ0v) is 10.5. The van der Waals surface area contributed by atoms with Crippen molar-refractivity contribution in [3.8, 4) is 0 Å². The molecular weight excluding hydrogens is 230 g/mol. The van der Waals surface area contributed by atoms with Crippen LogP contribution >= 0.6 is 11.8 Å². The summed E-state index contributed by atoms with van der Waals surface area (Å²) in [6.07, 6.45) is 4.24. The maximum absolute atomic E-state index is 6.10. The molecule has 1 aromatic carbocycles. The molecule has 3 nitrogen and oxygen atoms in total. The van der Waals surface area contributed by atoms with Crippen LogP contribution in [0.15, 0.2) is 52.8 Å². The Morgan fingerprint density at radius 1 is 1.29 bits per heavy atom. The minimum Gasteiger partial charge on any atom is -0.324 e. The van der Waals surface area contributed by atoms with E-state index in [4.69, 9.17) is 5.73 Å². The van der Waals surface area contributed by atoms with Gasteiger partial charge in [-0.2, -0.15) is 0 Å². The van der Waals surface area contributed by atoms with E-state index in [0.29, 0.717) is 0 Å². The van der Waals surface area contributed by atoms with Gasteiger partial charge < -0.3 is 5.73 Å².